The van der Waals surface area contributed by atoms with Gasteiger partial charge in [0.1, 0.15) is 0 Å². The van der Waals surface area contributed by atoms with Gasteiger partial charge in [-0.2, -0.15) is 8.42 Å². The highest BCUT2D eigenvalue weighted by molar-refractivity contribution is 7.85. The molecule has 0 saturated carbocycles. The highest BCUT2D eigenvalue weighted by Crippen LogP contribution is 2.34. The summed E-state index contributed by atoms with van der Waals surface area (Å²) in [5.74, 6) is -0.212. The van der Waals surface area contributed by atoms with Crippen molar-refractivity contribution >= 4 is 44.3 Å². The van der Waals surface area contributed by atoms with Crippen LogP contribution in [0, 0.1) is 0 Å². The summed E-state index contributed by atoms with van der Waals surface area (Å²) in [5.41, 5.74) is 3.41. The molecule has 0 spiro atoms. The molecule has 24 heavy (non-hydrogen) atoms. The van der Waals surface area contributed by atoms with Gasteiger partial charge in [-0.15, -0.1) is 0 Å². The van der Waals surface area contributed by atoms with Crippen molar-refractivity contribution in [2.45, 2.75) is 4.90 Å². The zero-order chi connectivity index (χ0) is 16.9. The van der Waals surface area contributed by atoms with E-state index in [-0.39, 0.29) is 10.8 Å². The van der Waals surface area contributed by atoms with Gasteiger partial charge in [-0.25, -0.2) is 0 Å². The van der Waals surface area contributed by atoms with Gasteiger partial charge in [0.15, 0.2) is 0 Å². The molecule has 0 bridgehead atoms. The Hall–Kier alpha value is -2.90. The van der Waals surface area contributed by atoms with Gasteiger partial charge in [0.2, 0.25) is 0 Å². The Morgan fingerprint density at radius 3 is 2.67 bits per heavy atom. The average molecular weight is 340 g/mol. The Kier molecular flexibility index (Phi) is 3.09. The summed E-state index contributed by atoms with van der Waals surface area (Å²) in [5, 5.41) is 3.40. The predicted molar refractivity (Wildman–Crippen MR) is 91.1 cm³/mol. The number of para-hydroxylation sites is 1. The fourth-order valence-electron chi connectivity index (χ4n) is 2.84. The van der Waals surface area contributed by atoms with Gasteiger partial charge >= 0.3 is 0 Å². The summed E-state index contributed by atoms with van der Waals surface area (Å²) in [7, 11) is -4.29. The lowest BCUT2D eigenvalue weighted by atomic mass is 10.0. The van der Waals surface area contributed by atoms with Gasteiger partial charge in [0, 0.05) is 39.5 Å². The third-order valence-electron chi connectivity index (χ3n) is 3.99. The second-order valence-corrected chi connectivity index (χ2v) is 6.91. The van der Waals surface area contributed by atoms with E-state index in [0.29, 0.717) is 22.0 Å². The maximum atomic E-state index is 12.2. The molecular weight excluding hydrogens is 328 g/mol. The summed E-state index contributed by atoms with van der Waals surface area (Å²) in [4.78, 5) is 15.0. The highest BCUT2D eigenvalue weighted by atomic mass is 32.2. The number of amides is 1. The van der Waals surface area contributed by atoms with Crippen LogP contribution in [0.5, 0.6) is 0 Å². The zero-order valence-corrected chi connectivity index (χ0v) is 13.1. The second-order valence-electron chi connectivity index (χ2n) is 5.48. The molecule has 3 N–H and O–H groups in total. The Morgan fingerprint density at radius 1 is 1.08 bits per heavy atom. The molecule has 1 aromatic heterocycles. The fraction of sp³-hybridized carbons (Fsp3) is 0. The van der Waals surface area contributed by atoms with E-state index < -0.39 is 10.1 Å². The van der Waals surface area contributed by atoms with Gasteiger partial charge in [-0.1, -0.05) is 18.2 Å². The molecule has 0 saturated heterocycles. The first-order chi connectivity index (χ1) is 11.4. The molecule has 4 rings (SSSR count). The van der Waals surface area contributed by atoms with Crippen LogP contribution in [0.3, 0.4) is 0 Å². The number of rotatable bonds is 2. The van der Waals surface area contributed by atoms with Crippen molar-refractivity contribution in [3.63, 3.8) is 0 Å². The van der Waals surface area contributed by atoms with E-state index in [1.165, 1.54) is 12.1 Å². The number of anilines is 1. The Balaban J connectivity index is 1.90. The van der Waals surface area contributed by atoms with Crippen molar-refractivity contribution in [1.29, 1.82) is 0 Å². The van der Waals surface area contributed by atoms with E-state index in [2.05, 4.69) is 10.3 Å². The maximum Gasteiger partial charge on any atom is 0.294 e. The number of benzene rings is 2. The molecule has 2 aromatic carbocycles. The minimum Gasteiger partial charge on any atom is -0.361 e. The van der Waals surface area contributed by atoms with Crippen molar-refractivity contribution in [3.8, 4) is 0 Å². The van der Waals surface area contributed by atoms with Crippen LogP contribution in [0.15, 0.2) is 53.6 Å². The molecule has 2 heterocycles. The van der Waals surface area contributed by atoms with Crippen LogP contribution in [-0.2, 0) is 14.9 Å². The van der Waals surface area contributed by atoms with Crippen molar-refractivity contribution in [2.24, 2.45) is 0 Å². The predicted octanol–water partition coefficient (Wildman–Crippen LogP) is 2.91. The third kappa shape index (κ3) is 2.31. The van der Waals surface area contributed by atoms with Crippen LogP contribution in [0.4, 0.5) is 5.69 Å². The Morgan fingerprint density at radius 2 is 1.88 bits per heavy atom. The number of H-pyrrole nitrogens is 1. The Bertz CT molecular complexity index is 1130. The number of carbonyl (C=O) groups excluding carboxylic acids is 1. The van der Waals surface area contributed by atoms with Gasteiger partial charge in [0.25, 0.3) is 16.0 Å². The topological polar surface area (TPSA) is 99.3 Å². The quantitative estimate of drug-likeness (QED) is 0.493. The summed E-state index contributed by atoms with van der Waals surface area (Å²) >= 11 is 0. The minimum absolute atomic E-state index is 0.189. The first-order valence-corrected chi connectivity index (χ1v) is 8.58. The van der Waals surface area contributed by atoms with Gasteiger partial charge in [0.05, 0.1) is 4.90 Å². The molecule has 1 amide bonds. The highest BCUT2D eigenvalue weighted by Gasteiger charge is 2.23. The molecule has 0 aliphatic carbocycles. The minimum atomic E-state index is -4.29. The lowest BCUT2D eigenvalue weighted by Gasteiger charge is -2.00. The molecule has 6 nitrogen and oxygen atoms in total. The number of fused-ring (bicyclic) bond motifs is 2. The molecule has 3 aromatic rings. The van der Waals surface area contributed by atoms with Gasteiger partial charge in [-0.05, 0) is 30.3 Å². The summed E-state index contributed by atoms with van der Waals surface area (Å²) in [6, 6.07) is 11.6. The number of hydrogen-bond donors (Lipinski definition) is 3. The fourth-order valence-corrected chi connectivity index (χ4v) is 3.35. The third-order valence-corrected chi connectivity index (χ3v) is 4.84. The molecule has 0 fully saturated rings. The summed E-state index contributed by atoms with van der Waals surface area (Å²) in [6.45, 7) is 0. The Labute approximate surface area is 137 Å². The smallest absolute Gasteiger partial charge is 0.294 e. The largest absolute Gasteiger partial charge is 0.361 e. The number of carbonyl (C=O) groups is 1. The van der Waals surface area contributed by atoms with Crippen LogP contribution in [0.1, 0.15) is 11.1 Å². The first-order valence-electron chi connectivity index (χ1n) is 7.14. The number of hydrogen-bond acceptors (Lipinski definition) is 3. The van der Waals surface area contributed by atoms with Crippen molar-refractivity contribution < 1.29 is 17.8 Å². The number of nitrogens with one attached hydrogen (secondary N) is 2. The van der Waals surface area contributed by atoms with Crippen LogP contribution in [-0.4, -0.2) is 23.9 Å². The SMILES string of the molecule is O=C1Nc2ccccc2/C1=C\c1c[nH]c2ccc(S(=O)(=O)O)cc12. The normalized spacial score (nSPS) is 15.7. The van der Waals surface area contributed by atoms with Gasteiger partial charge < -0.3 is 10.3 Å². The van der Waals surface area contributed by atoms with Crippen LogP contribution in [0.2, 0.25) is 0 Å². The van der Waals surface area contributed by atoms with E-state index in [4.69, 9.17) is 0 Å². The molecule has 1 aliphatic rings. The van der Waals surface area contributed by atoms with Crippen LogP contribution >= 0.6 is 0 Å². The number of aromatic amines is 1. The van der Waals surface area contributed by atoms with E-state index in [1.807, 2.05) is 24.3 Å². The van der Waals surface area contributed by atoms with E-state index in [9.17, 15) is 17.8 Å². The van der Waals surface area contributed by atoms with E-state index in [1.54, 1.807) is 18.3 Å². The lowest BCUT2D eigenvalue weighted by Crippen LogP contribution is -2.03. The monoisotopic (exact) mass is 340 g/mol. The van der Waals surface area contributed by atoms with E-state index in [0.717, 1.165) is 11.3 Å². The zero-order valence-electron chi connectivity index (χ0n) is 12.3. The molecule has 120 valence electrons. The molecule has 0 unspecified atom stereocenters. The molecule has 0 radical (unpaired) electrons. The van der Waals surface area contributed by atoms with Crippen LogP contribution < -0.4 is 5.32 Å². The van der Waals surface area contributed by atoms with Crippen molar-refractivity contribution in [3.05, 3.63) is 59.8 Å². The van der Waals surface area contributed by atoms with Gasteiger partial charge in [-0.3, -0.25) is 9.35 Å². The molecule has 0 atom stereocenters. The van der Waals surface area contributed by atoms with Crippen molar-refractivity contribution in [1.82, 2.24) is 4.98 Å². The average Bonchev–Trinajstić information content (AvgIpc) is 3.08. The summed E-state index contributed by atoms with van der Waals surface area (Å²) < 4.78 is 31.9. The summed E-state index contributed by atoms with van der Waals surface area (Å²) in [6.07, 6.45) is 3.40. The molecule has 1 aliphatic heterocycles. The molecular formula is C17H12N2O4S. The first kappa shape index (κ1) is 14.7. The molecule has 7 heteroatoms. The standard InChI is InChI=1S/C17H12N2O4S/c20-17-14(12-3-1-2-4-16(12)19-17)7-10-9-18-15-6-5-11(8-13(10)15)24(21,22)23/h1-9,18H,(H,19,20)(H,21,22,23)/b14-7+. The van der Waals surface area contributed by atoms with Crippen molar-refractivity contribution in [2.75, 3.05) is 5.32 Å². The second kappa shape index (κ2) is 5.05. The lowest BCUT2D eigenvalue weighted by molar-refractivity contribution is -0.110. The van der Waals surface area contributed by atoms with E-state index >= 15 is 0 Å². The number of aromatic nitrogens is 1. The van der Waals surface area contributed by atoms with Crippen LogP contribution in [0.25, 0.3) is 22.6 Å². The maximum absolute atomic E-state index is 12.2.